The molecule has 1 aliphatic carbocycles. The molecule has 1 saturated heterocycles. The lowest BCUT2D eigenvalue weighted by molar-refractivity contribution is 0.250. The Bertz CT molecular complexity index is 1580. The molecule has 0 amide bonds. The number of piperazine rings is 1. The number of nitrogens with zero attached hydrogens (tertiary/aromatic N) is 6. The fourth-order valence-corrected chi connectivity index (χ4v) is 5.19. The average Bonchev–Trinajstić information content (AvgIpc) is 3.52. The summed E-state index contributed by atoms with van der Waals surface area (Å²) in [4.78, 5) is 21.9. The number of H-pyrrole nitrogens is 1. The molecule has 192 valence electrons. The number of halogens is 1. The van der Waals surface area contributed by atoms with Crippen molar-refractivity contribution >= 4 is 40.1 Å². The van der Waals surface area contributed by atoms with Crippen LogP contribution in [0.1, 0.15) is 30.2 Å². The highest BCUT2D eigenvalue weighted by atomic mass is 35.5. The molecule has 38 heavy (non-hydrogen) atoms. The van der Waals surface area contributed by atoms with Gasteiger partial charge in [0.15, 0.2) is 0 Å². The van der Waals surface area contributed by atoms with E-state index in [1.54, 1.807) is 0 Å². The van der Waals surface area contributed by atoms with E-state index in [1.807, 2.05) is 42.6 Å². The number of benzene rings is 2. The second-order valence-corrected chi connectivity index (χ2v) is 10.3. The van der Waals surface area contributed by atoms with Gasteiger partial charge in [0.05, 0.1) is 21.7 Å². The van der Waals surface area contributed by atoms with Crippen molar-refractivity contribution < 1.29 is 4.52 Å². The van der Waals surface area contributed by atoms with Gasteiger partial charge in [-0.2, -0.15) is 4.98 Å². The zero-order valence-electron chi connectivity index (χ0n) is 20.8. The van der Waals surface area contributed by atoms with Crippen molar-refractivity contribution in [1.29, 1.82) is 0 Å². The number of para-hydroxylation sites is 1. The zero-order chi connectivity index (χ0) is 25.5. The van der Waals surface area contributed by atoms with Crippen molar-refractivity contribution in [2.75, 3.05) is 36.4 Å². The molecule has 2 N–H and O–H groups in total. The average molecular weight is 527 g/mol. The molecule has 10 heteroatoms. The Labute approximate surface area is 224 Å². The minimum Gasteiger partial charge on any atom is -0.368 e. The Morgan fingerprint density at radius 2 is 1.87 bits per heavy atom. The maximum atomic E-state index is 6.40. The molecule has 2 aromatic carbocycles. The van der Waals surface area contributed by atoms with E-state index in [1.165, 1.54) is 5.56 Å². The maximum absolute atomic E-state index is 6.40. The van der Waals surface area contributed by atoms with Gasteiger partial charge in [0, 0.05) is 50.4 Å². The Morgan fingerprint density at radius 3 is 2.71 bits per heavy atom. The topological polar surface area (TPSA) is 99.0 Å². The van der Waals surface area contributed by atoms with Gasteiger partial charge in [-0.15, -0.1) is 0 Å². The molecule has 2 fully saturated rings. The lowest BCUT2D eigenvalue weighted by Gasteiger charge is -2.36. The highest BCUT2D eigenvalue weighted by Crippen LogP contribution is 2.39. The number of pyridine rings is 1. The lowest BCUT2D eigenvalue weighted by atomic mass is 10.2. The number of hydrogen-bond donors (Lipinski definition) is 2. The van der Waals surface area contributed by atoms with Crippen molar-refractivity contribution in [2.24, 2.45) is 0 Å². The van der Waals surface area contributed by atoms with Crippen molar-refractivity contribution in [1.82, 2.24) is 30.0 Å². The van der Waals surface area contributed by atoms with Gasteiger partial charge in [0.2, 0.25) is 17.7 Å². The van der Waals surface area contributed by atoms with E-state index < -0.39 is 0 Å². The van der Waals surface area contributed by atoms with Gasteiger partial charge < -0.3 is 19.7 Å². The number of rotatable bonds is 7. The Kier molecular flexibility index (Phi) is 5.94. The number of aromatic amines is 1. The first-order valence-corrected chi connectivity index (χ1v) is 13.3. The molecule has 5 aromatic rings. The molecule has 4 heterocycles. The predicted octanol–water partition coefficient (Wildman–Crippen LogP) is 5.60. The number of imidazole rings is 1. The van der Waals surface area contributed by atoms with Crippen molar-refractivity contribution in [3.63, 3.8) is 0 Å². The van der Waals surface area contributed by atoms with E-state index in [2.05, 4.69) is 58.4 Å². The van der Waals surface area contributed by atoms with Gasteiger partial charge in [0.25, 0.3) is 0 Å². The molecule has 1 aliphatic heterocycles. The second-order valence-electron chi connectivity index (χ2n) is 9.94. The number of anilines is 3. The highest BCUT2D eigenvalue weighted by Gasteiger charge is 2.29. The van der Waals surface area contributed by atoms with Crippen LogP contribution in [-0.2, 0) is 6.54 Å². The summed E-state index contributed by atoms with van der Waals surface area (Å²) in [6.07, 6.45) is 4.10. The molecule has 1 saturated carbocycles. The van der Waals surface area contributed by atoms with Gasteiger partial charge in [0.1, 0.15) is 5.82 Å². The molecule has 9 nitrogen and oxygen atoms in total. The standard InChI is InChI=1S/C28H27ClN8O/c29-21-3-1-2-4-24(21)37-13-11-36(12-14-37)17-18-9-10-30-25(15-18)33-28-31-22-8-7-20(16-23(22)32-28)26-34-27(38-35-26)19-5-6-19/h1-4,7-10,15-16,19H,5-6,11-14,17H2,(H2,30,31,32,33). The van der Waals surface area contributed by atoms with Crippen molar-refractivity contribution in [2.45, 2.75) is 25.3 Å². The SMILES string of the molecule is Clc1ccccc1N1CCN(Cc2ccnc(Nc3nc4ccc(-c5noc(C6CC6)n5)cc4[nH]3)c2)CC1. The summed E-state index contributed by atoms with van der Waals surface area (Å²) in [5.41, 5.74) is 4.97. The number of hydrogen-bond acceptors (Lipinski definition) is 8. The smallest absolute Gasteiger partial charge is 0.230 e. The Hall–Kier alpha value is -3.95. The quantitative estimate of drug-likeness (QED) is 0.282. The van der Waals surface area contributed by atoms with Crippen LogP contribution < -0.4 is 10.2 Å². The molecule has 3 aromatic heterocycles. The van der Waals surface area contributed by atoms with E-state index in [9.17, 15) is 0 Å². The number of nitrogens with one attached hydrogen (secondary N) is 2. The van der Waals surface area contributed by atoms with Crippen molar-refractivity contribution in [3.05, 3.63) is 77.3 Å². The zero-order valence-corrected chi connectivity index (χ0v) is 21.5. The molecule has 0 bridgehead atoms. The monoisotopic (exact) mass is 526 g/mol. The first kappa shape index (κ1) is 23.2. The first-order chi connectivity index (χ1) is 18.7. The van der Waals surface area contributed by atoms with Crippen LogP contribution in [0.5, 0.6) is 0 Å². The van der Waals surface area contributed by atoms with Crippen molar-refractivity contribution in [3.8, 4) is 11.4 Å². The molecule has 0 atom stereocenters. The van der Waals surface area contributed by atoms with E-state index >= 15 is 0 Å². The summed E-state index contributed by atoms with van der Waals surface area (Å²) in [6, 6.07) is 18.1. The summed E-state index contributed by atoms with van der Waals surface area (Å²) in [6.45, 7) is 4.72. The molecule has 0 radical (unpaired) electrons. The summed E-state index contributed by atoms with van der Waals surface area (Å²) >= 11 is 6.40. The van der Waals surface area contributed by atoms with Crippen LogP contribution in [0.25, 0.3) is 22.4 Å². The van der Waals surface area contributed by atoms with Gasteiger partial charge >= 0.3 is 0 Å². The third-order valence-corrected chi connectivity index (χ3v) is 7.47. The third kappa shape index (κ3) is 4.82. The highest BCUT2D eigenvalue weighted by molar-refractivity contribution is 6.33. The molecular formula is C28H27ClN8O. The molecule has 2 aliphatic rings. The first-order valence-electron chi connectivity index (χ1n) is 13.0. The number of fused-ring (bicyclic) bond motifs is 1. The minimum atomic E-state index is 0.434. The third-order valence-electron chi connectivity index (χ3n) is 7.15. The van der Waals surface area contributed by atoms with Crippen LogP contribution >= 0.6 is 11.6 Å². The maximum Gasteiger partial charge on any atom is 0.230 e. The van der Waals surface area contributed by atoms with E-state index in [0.29, 0.717) is 17.7 Å². The molecule has 0 spiro atoms. The molecule has 0 unspecified atom stereocenters. The largest absolute Gasteiger partial charge is 0.368 e. The second kappa shape index (κ2) is 9.74. The van der Waals surface area contributed by atoms with Crippen LogP contribution in [0.15, 0.2) is 65.3 Å². The van der Waals surface area contributed by atoms with E-state index in [0.717, 1.165) is 84.6 Å². The Morgan fingerprint density at radius 1 is 1.00 bits per heavy atom. The summed E-state index contributed by atoms with van der Waals surface area (Å²) in [5.74, 6) is 3.18. The fourth-order valence-electron chi connectivity index (χ4n) is 4.93. The minimum absolute atomic E-state index is 0.434. The Balaban J connectivity index is 1.00. The van der Waals surface area contributed by atoms with Crippen LogP contribution in [0.2, 0.25) is 5.02 Å². The molecular weight excluding hydrogens is 500 g/mol. The summed E-state index contributed by atoms with van der Waals surface area (Å²) in [7, 11) is 0. The summed E-state index contributed by atoms with van der Waals surface area (Å²) < 4.78 is 5.42. The van der Waals surface area contributed by atoms with Gasteiger partial charge in [-0.3, -0.25) is 4.90 Å². The van der Waals surface area contributed by atoms with E-state index in [4.69, 9.17) is 16.1 Å². The van der Waals surface area contributed by atoms with Gasteiger partial charge in [-0.05, 0) is 60.9 Å². The normalized spacial score (nSPS) is 16.3. The number of aromatic nitrogens is 5. The molecule has 7 rings (SSSR count). The van der Waals surface area contributed by atoms with Crippen LogP contribution in [0.4, 0.5) is 17.5 Å². The van der Waals surface area contributed by atoms with E-state index in [-0.39, 0.29) is 0 Å². The summed E-state index contributed by atoms with van der Waals surface area (Å²) in [5, 5.41) is 8.29. The lowest BCUT2D eigenvalue weighted by Crippen LogP contribution is -2.46. The van der Waals surface area contributed by atoms with Gasteiger partial charge in [-0.25, -0.2) is 9.97 Å². The van der Waals surface area contributed by atoms with Crippen LogP contribution in [-0.4, -0.2) is 56.2 Å². The van der Waals surface area contributed by atoms with Gasteiger partial charge in [-0.1, -0.05) is 28.9 Å². The predicted molar refractivity (Wildman–Crippen MR) is 148 cm³/mol. The fraction of sp³-hybridized carbons (Fsp3) is 0.286. The van der Waals surface area contributed by atoms with Crippen LogP contribution in [0.3, 0.4) is 0 Å². The van der Waals surface area contributed by atoms with Crippen LogP contribution in [0, 0.1) is 0 Å².